The molecular formula is C16H16N2. The van der Waals surface area contributed by atoms with Crippen molar-refractivity contribution in [2.45, 2.75) is 20.4 Å². The lowest BCUT2D eigenvalue weighted by Gasteiger charge is -2.11. The lowest BCUT2D eigenvalue weighted by Crippen LogP contribution is -2.02. The minimum atomic E-state index is 0.703. The third-order valence-corrected chi connectivity index (χ3v) is 3.09. The van der Waals surface area contributed by atoms with Gasteiger partial charge < -0.3 is 5.32 Å². The molecule has 0 amide bonds. The summed E-state index contributed by atoms with van der Waals surface area (Å²) in [4.78, 5) is 0. The Balaban J connectivity index is 2.12. The molecule has 0 spiro atoms. The Morgan fingerprint density at radius 1 is 1.06 bits per heavy atom. The first-order valence-electron chi connectivity index (χ1n) is 6.00. The summed E-state index contributed by atoms with van der Waals surface area (Å²) < 4.78 is 0. The van der Waals surface area contributed by atoms with Gasteiger partial charge in [-0.1, -0.05) is 24.3 Å². The second kappa shape index (κ2) is 5.37. The third kappa shape index (κ3) is 2.70. The lowest BCUT2D eigenvalue weighted by molar-refractivity contribution is 1.11. The fraction of sp³-hybridized carbons (Fsp3) is 0.188. The van der Waals surface area contributed by atoms with Gasteiger partial charge in [0.25, 0.3) is 0 Å². The molecule has 0 aliphatic carbocycles. The van der Waals surface area contributed by atoms with Crippen LogP contribution in [0.1, 0.15) is 22.3 Å². The van der Waals surface area contributed by atoms with Crippen molar-refractivity contribution >= 4 is 5.69 Å². The summed E-state index contributed by atoms with van der Waals surface area (Å²) in [6, 6.07) is 16.2. The number of aryl methyl sites for hydroxylation is 2. The van der Waals surface area contributed by atoms with Gasteiger partial charge in [0.15, 0.2) is 0 Å². The van der Waals surface area contributed by atoms with E-state index in [-0.39, 0.29) is 0 Å². The number of nitrogens with one attached hydrogen (secondary N) is 1. The van der Waals surface area contributed by atoms with E-state index in [9.17, 15) is 0 Å². The monoisotopic (exact) mass is 236 g/mol. The highest BCUT2D eigenvalue weighted by Gasteiger charge is 2.01. The maximum atomic E-state index is 8.83. The smallest absolute Gasteiger partial charge is 0.0991 e. The van der Waals surface area contributed by atoms with Crippen LogP contribution in [0.4, 0.5) is 5.69 Å². The van der Waals surface area contributed by atoms with E-state index >= 15 is 0 Å². The van der Waals surface area contributed by atoms with Gasteiger partial charge in [0.2, 0.25) is 0 Å². The fourth-order valence-electron chi connectivity index (χ4n) is 1.93. The first-order valence-corrected chi connectivity index (χ1v) is 6.00. The lowest BCUT2D eigenvalue weighted by atomic mass is 10.1. The standard InChI is InChI=1S/C16H16N2/c1-12-5-3-4-6-15(12)11-18-16-8-7-14(10-17)9-13(16)2/h3-9,18H,11H2,1-2H3. The summed E-state index contributed by atoms with van der Waals surface area (Å²) in [6.07, 6.45) is 0. The average Bonchev–Trinajstić information content (AvgIpc) is 2.39. The van der Waals surface area contributed by atoms with Crippen LogP contribution < -0.4 is 5.32 Å². The van der Waals surface area contributed by atoms with Crippen molar-refractivity contribution in [3.63, 3.8) is 0 Å². The molecule has 0 aliphatic rings. The van der Waals surface area contributed by atoms with Crippen LogP contribution in [0.2, 0.25) is 0 Å². The molecule has 0 saturated heterocycles. The van der Waals surface area contributed by atoms with Crippen LogP contribution in [-0.2, 0) is 6.54 Å². The van der Waals surface area contributed by atoms with Crippen LogP contribution >= 0.6 is 0 Å². The highest BCUT2D eigenvalue weighted by Crippen LogP contribution is 2.18. The first kappa shape index (κ1) is 12.2. The number of hydrogen-bond donors (Lipinski definition) is 1. The SMILES string of the molecule is Cc1ccccc1CNc1ccc(C#N)cc1C. The van der Waals surface area contributed by atoms with E-state index in [2.05, 4.69) is 36.5 Å². The van der Waals surface area contributed by atoms with Gasteiger partial charge in [0.1, 0.15) is 0 Å². The highest BCUT2D eigenvalue weighted by atomic mass is 14.9. The Kier molecular flexibility index (Phi) is 3.64. The summed E-state index contributed by atoms with van der Waals surface area (Å²) in [5, 5.41) is 12.2. The van der Waals surface area contributed by atoms with Crippen LogP contribution in [0.5, 0.6) is 0 Å². The number of rotatable bonds is 3. The van der Waals surface area contributed by atoms with Crippen molar-refractivity contribution < 1.29 is 0 Å². The van der Waals surface area contributed by atoms with Crippen molar-refractivity contribution in [2.75, 3.05) is 5.32 Å². The van der Waals surface area contributed by atoms with Gasteiger partial charge >= 0.3 is 0 Å². The minimum Gasteiger partial charge on any atom is -0.381 e. The fourth-order valence-corrected chi connectivity index (χ4v) is 1.93. The molecule has 0 aromatic heterocycles. The minimum absolute atomic E-state index is 0.703. The molecule has 0 unspecified atom stereocenters. The summed E-state index contributed by atoms with van der Waals surface area (Å²) in [5.74, 6) is 0. The Morgan fingerprint density at radius 2 is 1.83 bits per heavy atom. The quantitative estimate of drug-likeness (QED) is 0.880. The highest BCUT2D eigenvalue weighted by molar-refractivity contribution is 5.54. The van der Waals surface area contributed by atoms with Crippen LogP contribution in [0.3, 0.4) is 0 Å². The zero-order valence-corrected chi connectivity index (χ0v) is 10.7. The average molecular weight is 236 g/mol. The second-order valence-electron chi connectivity index (χ2n) is 4.42. The van der Waals surface area contributed by atoms with Crippen LogP contribution in [0.15, 0.2) is 42.5 Å². The molecule has 0 fully saturated rings. The Labute approximate surface area is 108 Å². The number of nitriles is 1. The maximum absolute atomic E-state index is 8.83. The first-order chi connectivity index (χ1) is 8.70. The van der Waals surface area contributed by atoms with Crippen LogP contribution in [0.25, 0.3) is 0 Å². The molecule has 0 heterocycles. The molecule has 0 bridgehead atoms. The number of nitrogens with zero attached hydrogens (tertiary/aromatic N) is 1. The molecule has 0 atom stereocenters. The van der Waals surface area contributed by atoms with Crippen LogP contribution in [0, 0.1) is 25.2 Å². The largest absolute Gasteiger partial charge is 0.381 e. The molecule has 2 aromatic rings. The molecule has 18 heavy (non-hydrogen) atoms. The van der Waals surface area contributed by atoms with Gasteiger partial charge in [-0.3, -0.25) is 0 Å². The van der Waals surface area contributed by atoms with Gasteiger partial charge in [0, 0.05) is 12.2 Å². The molecule has 2 nitrogen and oxygen atoms in total. The molecule has 1 N–H and O–H groups in total. The van der Waals surface area contributed by atoms with E-state index in [0.717, 1.165) is 17.8 Å². The summed E-state index contributed by atoms with van der Waals surface area (Å²) in [6.45, 7) is 4.93. The van der Waals surface area contributed by atoms with E-state index in [1.165, 1.54) is 11.1 Å². The molecular weight excluding hydrogens is 220 g/mol. The molecule has 0 saturated carbocycles. The Bertz CT molecular complexity index is 594. The van der Waals surface area contributed by atoms with Crippen molar-refractivity contribution in [3.8, 4) is 6.07 Å². The van der Waals surface area contributed by atoms with Gasteiger partial charge in [0.05, 0.1) is 11.6 Å². The number of hydrogen-bond acceptors (Lipinski definition) is 2. The van der Waals surface area contributed by atoms with Crippen LogP contribution in [-0.4, -0.2) is 0 Å². The molecule has 90 valence electrons. The molecule has 2 rings (SSSR count). The Morgan fingerprint density at radius 3 is 2.50 bits per heavy atom. The zero-order valence-electron chi connectivity index (χ0n) is 10.7. The van der Waals surface area contributed by atoms with E-state index in [0.29, 0.717) is 5.56 Å². The Hall–Kier alpha value is -2.27. The van der Waals surface area contributed by atoms with E-state index in [1.807, 2.05) is 31.2 Å². The van der Waals surface area contributed by atoms with Gasteiger partial charge in [-0.2, -0.15) is 5.26 Å². The summed E-state index contributed by atoms with van der Waals surface area (Å²) >= 11 is 0. The third-order valence-electron chi connectivity index (χ3n) is 3.09. The topological polar surface area (TPSA) is 35.8 Å². The van der Waals surface area contributed by atoms with Gasteiger partial charge in [-0.05, 0) is 48.7 Å². The van der Waals surface area contributed by atoms with Gasteiger partial charge in [-0.15, -0.1) is 0 Å². The predicted octanol–water partition coefficient (Wildman–Crippen LogP) is 3.79. The summed E-state index contributed by atoms with van der Waals surface area (Å²) in [7, 11) is 0. The molecule has 0 radical (unpaired) electrons. The summed E-state index contributed by atoms with van der Waals surface area (Å²) in [5.41, 5.74) is 5.46. The van der Waals surface area contributed by atoms with E-state index < -0.39 is 0 Å². The predicted molar refractivity (Wildman–Crippen MR) is 74.4 cm³/mol. The van der Waals surface area contributed by atoms with Crippen molar-refractivity contribution in [1.82, 2.24) is 0 Å². The zero-order chi connectivity index (χ0) is 13.0. The molecule has 0 aliphatic heterocycles. The maximum Gasteiger partial charge on any atom is 0.0991 e. The number of anilines is 1. The molecule has 2 aromatic carbocycles. The van der Waals surface area contributed by atoms with E-state index in [1.54, 1.807) is 0 Å². The van der Waals surface area contributed by atoms with Crippen molar-refractivity contribution in [3.05, 3.63) is 64.7 Å². The normalized spacial score (nSPS) is 9.83. The second-order valence-corrected chi connectivity index (χ2v) is 4.42. The van der Waals surface area contributed by atoms with Crippen molar-refractivity contribution in [2.24, 2.45) is 0 Å². The molecule has 2 heteroatoms. The van der Waals surface area contributed by atoms with E-state index in [4.69, 9.17) is 5.26 Å². The number of benzene rings is 2. The van der Waals surface area contributed by atoms with Gasteiger partial charge in [-0.25, -0.2) is 0 Å². The van der Waals surface area contributed by atoms with Crippen molar-refractivity contribution in [1.29, 1.82) is 5.26 Å².